The quantitative estimate of drug-likeness (QED) is 0.331. The van der Waals surface area contributed by atoms with Gasteiger partial charge >= 0.3 is 6.09 Å². The highest BCUT2D eigenvalue weighted by molar-refractivity contribution is 8.93. The van der Waals surface area contributed by atoms with Crippen LogP contribution < -0.4 is 4.74 Å². The molecule has 2 heterocycles. The number of rotatable bonds is 3. The van der Waals surface area contributed by atoms with Crippen molar-refractivity contribution in [2.24, 2.45) is 11.8 Å². The Balaban J connectivity index is 0.000000201. The first kappa shape index (κ1) is 34.4. The normalized spacial score (nSPS) is 24.3. The van der Waals surface area contributed by atoms with E-state index in [1.807, 2.05) is 31.7 Å². The highest BCUT2D eigenvalue weighted by Gasteiger charge is 2.40. The van der Waals surface area contributed by atoms with Gasteiger partial charge in [0, 0.05) is 24.2 Å². The molecule has 0 bridgehead atoms. The molecule has 7 nitrogen and oxygen atoms in total. The second-order valence-corrected chi connectivity index (χ2v) is 14.1. The van der Waals surface area contributed by atoms with Gasteiger partial charge in [0.1, 0.15) is 11.4 Å². The lowest BCUT2D eigenvalue weighted by Gasteiger charge is -2.45. The van der Waals surface area contributed by atoms with E-state index in [0.717, 1.165) is 50.0 Å². The fraction of sp³-hybridized carbons (Fsp3) is 0.639. The molecule has 244 valence electrons. The summed E-state index contributed by atoms with van der Waals surface area (Å²) in [5.74, 6) is 2.30. The number of aromatic hydroxyl groups is 2. The van der Waals surface area contributed by atoms with Crippen LogP contribution in [0, 0.1) is 18.8 Å². The number of likely N-dealkylation sites (tertiary alicyclic amines) is 2. The van der Waals surface area contributed by atoms with Gasteiger partial charge in [-0.25, -0.2) is 4.79 Å². The van der Waals surface area contributed by atoms with Crippen LogP contribution in [0.1, 0.15) is 87.6 Å². The Morgan fingerprint density at radius 2 is 1.52 bits per heavy atom. The van der Waals surface area contributed by atoms with E-state index in [2.05, 4.69) is 30.9 Å². The number of benzene rings is 2. The van der Waals surface area contributed by atoms with E-state index in [4.69, 9.17) is 9.47 Å². The smallest absolute Gasteiger partial charge is 0.410 e. The second-order valence-electron chi connectivity index (χ2n) is 14.1. The van der Waals surface area contributed by atoms with Gasteiger partial charge in [-0.2, -0.15) is 0 Å². The van der Waals surface area contributed by atoms with E-state index in [9.17, 15) is 15.0 Å². The first-order chi connectivity index (χ1) is 20.5. The van der Waals surface area contributed by atoms with Crippen LogP contribution in [0.15, 0.2) is 24.3 Å². The fourth-order valence-corrected chi connectivity index (χ4v) is 8.06. The number of hydrogen-bond acceptors (Lipinski definition) is 6. The lowest BCUT2D eigenvalue weighted by atomic mass is 9.74. The number of carbonyl (C=O) groups is 1. The Morgan fingerprint density at radius 1 is 0.909 bits per heavy atom. The van der Waals surface area contributed by atoms with Gasteiger partial charge in [-0.15, -0.1) is 17.0 Å². The Labute approximate surface area is 274 Å². The minimum absolute atomic E-state index is 0. The Kier molecular flexibility index (Phi) is 11.2. The van der Waals surface area contributed by atoms with Crippen molar-refractivity contribution >= 4 is 23.1 Å². The summed E-state index contributed by atoms with van der Waals surface area (Å²) >= 11 is 0. The van der Waals surface area contributed by atoms with Crippen LogP contribution in [-0.2, 0) is 30.4 Å². The van der Waals surface area contributed by atoms with Crippen molar-refractivity contribution in [2.75, 3.05) is 26.7 Å². The molecule has 0 unspecified atom stereocenters. The highest BCUT2D eigenvalue weighted by Crippen LogP contribution is 2.42. The lowest BCUT2D eigenvalue weighted by molar-refractivity contribution is -0.00144. The Hall–Kier alpha value is -2.45. The molecule has 8 heteroatoms. The van der Waals surface area contributed by atoms with E-state index in [0.29, 0.717) is 17.9 Å². The van der Waals surface area contributed by atoms with Gasteiger partial charge in [0.25, 0.3) is 0 Å². The Morgan fingerprint density at radius 3 is 2.20 bits per heavy atom. The summed E-state index contributed by atoms with van der Waals surface area (Å²) in [7, 11) is 1.75. The maximum atomic E-state index is 12.6. The number of carbonyl (C=O) groups excluding carboxylic acids is 1. The van der Waals surface area contributed by atoms with Crippen molar-refractivity contribution < 1.29 is 24.5 Å². The fourth-order valence-electron chi connectivity index (χ4n) is 8.06. The topological polar surface area (TPSA) is 82.5 Å². The predicted molar refractivity (Wildman–Crippen MR) is 180 cm³/mol. The van der Waals surface area contributed by atoms with Crippen LogP contribution in [-0.4, -0.2) is 70.5 Å². The summed E-state index contributed by atoms with van der Waals surface area (Å²) < 4.78 is 11.3. The number of fused-ring (bicyclic) bond motifs is 4. The summed E-state index contributed by atoms with van der Waals surface area (Å²) in [6, 6.07) is 8.81. The molecule has 2 aliphatic carbocycles. The summed E-state index contributed by atoms with van der Waals surface area (Å²) in [6.07, 6.45) is 9.59. The SMILES string of the molecule is Br.CCCN1CCC[C@@H]2Cc3c(ccc(O)c3O)C[C@H]21.COc1c(C)ccc2c1C[C@@H]1CCCN(C(=O)OC(C)(C)C)[C@H]1C2. The van der Waals surface area contributed by atoms with Crippen molar-refractivity contribution in [3.05, 3.63) is 52.1 Å². The molecular weight excluding hydrogens is 620 g/mol. The van der Waals surface area contributed by atoms with Gasteiger partial charge in [-0.3, -0.25) is 4.90 Å². The summed E-state index contributed by atoms with van der Waals surface area (Å²) in [5.41, 5.74) is 5.60. The zero-order valence-electron chi connectivity index (χ0n) is 27.5. The second kappa shape index (κ2) is 14.3. The van der Waals surface area contributed by atoms with Crippen molar-refractivity contribution in [3.8, 4) is 17.2 Å². The summed E-state index contributed by atoms with van der Waals surface area (Å²) in [5, 5.41) is 19.7. The van der Waals surface area contributed by atoms with Crippen LogP contribution in [0.2, 0.25) is 0 Å². The van der Waals surface area contributed by atoms with Gasteiger partial charge in [0.15, 0.2) is 11.5 Å². The molecule has 1 amide bonds. The molecule has 0 spiro atoms. The maximum absolute atomic E-state index is 12.6. The average molecular weight is 674 g/mol. The molecular formula is C36H53BrN2O5. The lowest BCUT2D eigenvalue weighted by Crippen LogP contribution is -2.53. The molecule has 2 saturated heterocycles. The monoisotopic (exact) mass is 672 g/mol. The molecule has 0 aromatic heterocycles. The van der Waals surface area contributed by atoms with E-state index < -0.39 is 5.60 Å². The third kappa shape index (κ3) is 7.33. The van der Waals surface area contributed by atoms with Crippen molar-refractivity contribution in [1.82, 2.24) is 9.80 Å². The molecule has 6 rings (SSSR count). The highest BCUT2D eigenvalue weighted by atomic mass is 79.9. The number of phenolic OH excluding ortho intramolecular Hbond substituents is 2. The molecule has 0 radical (unpaired) electrons. The van der Waals surface area contributed by atoms with Gasteiger partial charge in [0.05, 0.1) is 7.11 Å². The summed E-state index contributed by atoms with van der Waals surface area (Å²) in [4.78, 5) is 17.2. The van der Waals surface area contributed by atoms with Crippen LogP contribution in [0.5, 0.6) is 17.2 Å². The first-order valence-electron chi connectivity index (χ1n) is 16.4. The van der Waals surface area contributed by atoms with Gasteiger partial charge in [0.2, 0.25) is 0 Å². The molecule has 2 fully saturated rings. The third-order valence-corrected chi connectivity index (χ3v) is 10.00. The van der Waals surface area contributed by atoms with Crippen LogP contribution >= 0.6 is 17.0 Å². The molecule has 2 aromatic carbocycles. The number of halogens is 1. The minimum atomic E-state index is -0.447. The molecule has 0 saturated carbocycles. The van der Waals surface area contributed by atoms with Gasteiger partial charge < -0.3 is 24.6 Å². The number of nitrogens with zero attached hydrogens (tertiary/aromatic N) is 2. The van der Waals surface area contributed by atoms with Crippen molar-refractivity contribution in [1.29, 1.82) is 0 Å². The van der Waals surface area contributed by atoms with E-state index in [-0.39, 0.29) is 40.6 Å². The van der Waals surface area contributed by atoms with Crippen LogP contribution in [0.3, 0.4) is 0 Å². The zero-order valence-corrected chi connectivity index (χ0v) is 29.2. The van der Waals surface area contributed by atoms with Crippen LogP contribution in [0.25, 0.3) is 0 Å². The first-order valence-corrected chi connectivity index (χ1v) is 16.4. The predicted octanol–water partition coefficient (Wildman–Crippen LogP) is 7.38. The van der Waals surface area contributed by atoms with E-state index >= 15 is 0 Å². The third-order valence-electron chi connectivity index (χ3n) is 10.00. The molecule has 4 atom stereocenters. The Bertz CT molecular complexity index is 1310. The number of amides is 1. The summed E-state index contributed by atoms with van der Waals surface area (Å²) in [6.45, 7) is 13.3. The minimum Gasteiger partial charge on any atom is -0.504 e. The molecule has 44 heavy (non-hydrogen) atoms. The maximum Gasteiger partial charge on any atom is 0.410 e. The average Bonchev–Trinajstić information content (AvgIpc) is 2.97. The van der Waals surface area contributed by atoms with E-state index in [1.165, 1.54) is 61.0 Å². The number of methoxy groups -OCH3 is 1. The van der Waals surface area contributed by atoms with Crippen LogP contribution in [0.4, 0.5) is 4.79 Å². The number of phenols is 2. The van der Waals surface area contributed by atoms with Gasteiger partial charge in [-0.1, -0.05) is 25.1 Å². The largest absolute Gasteiger partial charge is 0.504 e. The number of ether oxygens (including phenoxy) is 2. The standard InChI is InChI=1S/C20H29NO3.C16H23NO2.BrH/c1-13-8-9-14-12-17-15(11-16(14)18(13)23-5)7-6-10-21(17)19(22)24-20(2,3)4;1-2-7-17-8-3-4-12-9-13-11(10-14(12)17)5-6-15(18)16(13)19;/h8-9,15,17H,6-7,10-12H2,1-5H3;5-6,12,14,18-19H,2-4,7-10H2,1H3;1H/t15-,17-;12-,14-;/m01./s1. The van der Waals surface area contributed by atoms with Crippen molar-refractivity contribution in [2.45, 2.75) is 110 Å². The molecule has 2 aromatic rings. The van der Waals surface area contributed by atoms with E-state index in [1.54, 1.807) is 13.2 Å². The van der Waals surface area contributed by atoms with Crippen molar-refractivity contribution in [3.63, 3.8) is 0 Å². The number of aryl methyl sites for hydroxylation is 1. The molecule has 2 aliphatic heterocycles. The number of hydrogen-bond donors (Lipinski definition) is 2. The molecule has 2 N–H and O–H groups in total. The number of piperidine rings is 2. The van der Waals surface area contributed by atoms with Gasteiger partial charge in [-0.05, 0) is 139 Å². The zero-order chi connectivity index (χ0) is 30.9. The molecule has 4 aliphatic rings.